The lowest BCUT2D eigenvalue weighted by molar-refractivity contribution is 0.00694. The van der Waals surface area contributed by atoms with Crippen molar-refractivity contribution in [3.8, 4) is 0 Å². The number of anilines is 1. The first-order chi connectivity index (χ1) is 10.4. The second-order valence-corrected chi connectivity index (χ2v) is 6.24. The van der Waals surface area contributed by atoms with Gasteiger partial charge >= 0.3 is 5.97 Å². The highest BCUT2D eigenvalue weighted by Crippen LogP contribution is 2.14. The Morgan fingerprint density at radius 1 is 1.32 bits per heavy atom. The zero-order valence-corrected chi connectivity index (χ0v) is 14.5. The highest BCUT2D eigenvalue weighted by Gasteiger charge is 2.18. The number of esters is 1. The summed E-state index contributed by atoms with van der Waals surface area (Å²) >= 11 is 0. The summed E-state index contributed by atoms with van der Waals surface area (Å²) in [6, 6.07) is 3.42. The third-order valence-corrected chi connectivity index (χ3v) is 3.25. The number of hydrogen-bond acceptors (Lipinski definition) is 5. The Kier molecular flexibility index (Phi) is 7.32. The van der Waals surface area contributed by atoms with Crippen molar-refractivity contribution in [3.05, 3.63) is 23.9 Å². The Balaban J connectivity index is 2.49. The summed E-state index contributed by atoms with van der Waals surface area (Å²) in [6.07, 6.45) is 2.67. The van der Waals surface area contributed by atoms with Crippen LogP contribution in [-0.4, -0.2) is 47.6 Å². The van der Waals surface area contributed by atoms with Crippen LogP contribution in [0.5, 0.6) is 0 Å². The molecule has 0 bridgehead atoms. The van der Waals surface area contributed by atoms with E-state index in [1.165, 1.54) is 0 Å². The van der Waals surface area contributed by atoms with Crippen LogP contribution >= 0.6 is 0 Å². The second kappa shape index (κ2) is 8.73. The molecule has 1 aromatic rings. The van der Waals surface area contributed by atoms with E-state index in [2.05, 4.69) is 29.0 Å². The summed E-state index contributed by atoms with van der Waals surface area (Å²) in [5.74, 6) is 0.393. The van der Waals surface area contributed by atoms with Crippen molar-refractivity contribution in [2.45, 2.75) is 46.6 Å². The standard InChI is InChI=1S/C17H29N3O2/c1-6-20(7-2)12-8-10-18-15-13-14(9-11-19-15)16(21)22-17(3,4)5/h9,11,13H,6-8,10,12H2,1-5H3,(H,18,19). The largest absolute Gasteiger partial charge is 0.456 e. The Morgan fingerprint density at radius 3 is 2.59 bits per heavy atom. The molecule has 124 valence electrons. The van der Waals surface area contributed by atoms with Crippen molar-refractivity contribution >= 4 is 11.8 Å². The minimum atomic E-state index is -0.488. The number of carbonyl (C=O) groups is 1. The van der Waals surface area contributed by atoms with Gasteiger partial charge in [0.15, 0.2) is 0 Å². The quantitative estimate of drug-likeness (QED) is 0.590. The van der Waals surface area contributed by atoms with E-state index in [1.54, 1.807) is 18.3 Å². The van der Waals surface area contributed by atoms with Gasteiger partial charge in [-0.25, -0.2) is 9.78 Å². The molecule has 5 nitrogen and oxygen atoms in total. The second-order valence-electron chi connectivity index (χ2n) is 6.24. The lowest BCUT2D eigenvalue weighted by Crippen LogP contribution is -2.25. The molecule has 0 saturated carbocycles. The van der Waals surface area contributed by atoms with E-state index in [1.807, 2.05) is 20.8 Å². The first-order valence-corrected chi connectivity index (χ1v) is 8.01. The van der Waals surface area contributed by atoms with Crippen molar-refractivity contribution in [1.82, 2.24) is 9.88 Å². The summed E-state index contributed by atoms with van der Waals surface area (Å²) in [6.45, 7) is 14.0. The van der Waals surface area contributed by atoms with Gasteiger partial charge in [0.25, 0.3) is 0 Å². The van der Waals surface area contributed by atoms with Crippen LogP contribution in [0, 0.1) is 0 Å². The summed E-state index contributed by atoms with van der Waals surface area (Å²) in [5, 5.41) is 3.26. The predicted molar refractivity (Wildman–Crippen MR) is 90.3 cm³/mol. The molecule has 0 saturated heterocycles. The Morgan fingerprint density at radius 2 is 2.00 bits per heavy atom. The van der Waals surface area contributed by atoms with E-state index in [9.17, 15) is 4.79 Å². The van der Waals surface area contributed by atoms with Crippen molar-refractivity contribution < 1.29 is 9.53 Å². The molecule has 1 heterocycles. The summed E-state index contributed by atoms with van der Waals surface area (Å²) in [7, 11) is 0. The fourth-order valence-corrected chi connectivity index (χ4v) is 2.05. The number of hydrogen-bond donors (Lipinski definition) is 1. The van der Waals surface area contributed by atoms with Gasteiger partial charge in [0, 0.05) is 12.7 Å². The van der Waals surface area contributed by atoms with Crippen LogP contribution < -0.4 is 5.32 Å². The van der Waals surface area contributed by atoms with E-state index in [0.29, 0.717) is 11.4 Å². The first kappa shape index (κ1) is 18.4. The summed E-state index contributed by atoms with van der Waals surface area (Å²) in [5.41, 5.74) is 0.0358. The van der Waals surface area contributed by atoms with Crippen LogP contribution in [0.2, 0.25) is 0 Å². The summed E-state index contributed by atoms with van der Waals surface area (Å²) in [4.78, 5) is 18.6. The van der Waals surface area contributed by atoms with Crippen molar-refractivity contribution in [3.63, 3.8) is 0 Å². The first-order valence-electron chi connectivity index (χ1n) is 8.01. The van der Waals surface area contributed by atoms with Gasteiger partial charge in [-0.2, -0.15) is 0 Å². The third kappa shape index (κ3) is 6.89. The number of ether oxygens (including phenoxy) is 1. The monoisotopic (exact) mass is 307 g/mol. The molecular weight excluding hydrogens is 278 g/mol. The van der Waals surface area contributed by atoms with Crippen LogP contribution in [0.3, 0.4) is 0 Å². The molecule has 22 heavy (non-hydrogen) atoms. The lowest BCUT2D eigenvalue weighted by Gasteiger charge is -2.19. The van der Waals surface area contributed by atoms with Gasteiger partial charge < -0.3 is 15.0 Å². The van der Waals surface area contributed by atoms with Crippen LogP contribution in [-0.2, 0) is 4.74 Å². The fourth-order valence-electron chi connectivity index (χ4n) is 2.05. The number of rotatable bonds is 8. The maximum absolute atomic E-state index is 12.0. The molecule has 0 aromatic carbocycles. The van der Waals surface area contributed by atoms with Gasteiger partial charge in [0.05, 0.1) is 5.56 Å². The van der Waals surface area contributed by atoms with Crippen molar-refractivity contribution in [1.29, 1.82) is 0 Å². The average Bonchev–Trinajstić information content (AvgIpc) is 2.46. The SMILES string of the molecule is CCN(CC)CCCNc1cc(C(=O)OC(C)(C)C)ccn1. The normalized spacial score (nSPS) is 11.5. The van der Waals surface area contributed by atoms with Crippen molar-refractivity contribution in [2.75, 3.05) is 31.5 Å². The third-order valence-electron chi connectivity index (χ3n) is 3.25. The maximum Gasteiger partial charge on any atom is 0.338 e. The molecule has 0 aliphatic rings. The molecule has 1 N–H and O–H groups in total. The Hall–Kier alpha value is -1.62. The zero-order valence-electron chi connectivity index (χ0n) is 14.5. The van der Waals surface area contributed by atoms with E-state index in [-0.39, 0.29) is 5.97 Å². The molecule has 0 aliphatic heterocycles. The molecule has 5 heteroatoms. The van der Waals surface area contributed by atoms with Gasteiger partial charge in [-0.05, 0) is 59.0 Å². The number of aromatic nitrogens is 1. The minimum absolute atomic E-state index is 0.318. The van der Waals surface area contributed by atoms with Crippen LogP contribution in [0.25, 0.3) is 0 Å². The van der Waals surface area contributed by atoms with Crippen LogP contribution in [0.1, 0.15) is 51.4 Å². The minimum Gasteiger partial charge on any atom is -0.456 e. The Labute approximate surface area is 134 Å². The van der Waals surface area contributed by atoms with E-state index in [4.69, 9.17) is 4.74 Å². The van der Waals surface area contributed by atoms with Gasteiger partial charge in [0.2, 0.25) is 0 Å². The highest BCUT2D eigenvalue weighted by molar-refractivity contribution is 5.90. The smallest absolute Gasteiger partial charge is 0.338 e. The van der Waals surface area contributed by atoms with E-state index < -0.39 is 5.60 Å². The lowest BCUT2D eigenvalue weighted by atomic mass is 10.2. The average molecular weight is 307 g/mol. The topological polar surface area (TPSA) is 54.5 Å². The molecule has 0 unspecified atom stereocenters. The van der Waals surface area contributed by atoms with E-state index in [0.717, 1.165) is 32.6 Å². The summed E-state index contributed by atoms with van der Waals surface area (Å²) < 4.78 is 5.36. The maximum atomic E-state index is 12.0. The molecular formula is C17H29N3O2. The van der Waals surface area contributed by atoms with Crippen LogP contribution in [0.15, 0.2) is 18.3 Å². The fraction of sp³-hybridized carbons (Fsp3) is 0.647. The molecule has 0 fully saturated rings. The van der Waals surface area contributed by atoms with Gasteiger partial charge in [-0.1, -0.05) is 13.8 Å². The van der Waals surface area contributed by atoms with Crippen molar-refractivity contribution in [2.24, 2.45) is 0 Å². The molecule has 1 aromatic heterocycles. The van der Waals surface area contributed by atoms with Gasteiger partial charge in [0.1, 0.15) is 11.4 Å². The van der Waals surface area contributed by atoms with Gasteiger partial charge in [-0.15, -0.1) is 0 Å². The zero-order chi connectivity index (χ0) is 16.6. The number of nitrogens with one attached hydrogen (secondary N) is 1. The molecule has 0 atom stereocenters. The predicted octanol–water partition coefficient (Wildman–Crippen LogP) is 3.18. The molecule has 0 radical (unpaired) electrons. The molecule has 0 aliphatic carbocycles. The van der Waals surface area contributed by atoms with Crippen LogP contribution in [0.4, 0.5) is 5.82 Å². The Bertz CT molecular complexity index is 465. The van der Waals surface area contributed by atoms with Gasteiger partial charge in [-0.3, -0.25) is 0 Å². The molecule has 0 amide bonds. The number of pyridine rings is 1. The number of nitrogens with zero attached hydrogens (tertiary/aromatic N) is 2. The molecule has 1 rings (SSSR count). The van der Waals surface area contributed by atoms with E-state index >= 15 is 0 Å². The molecule has 0 spiro atoms. The highest BCUT2D eigenvalue weighted by atomic mass is 16.6. The number of carbonyl (C=O) groups excluding carboxylic acids is 1.